The summed E-state index contributed by atoms with van der Waals surface area (Å²) in [5.74, 6) is 0.966. The Labute approximate surface area is 192 Å². The third kappa shape index (κ3) is 2.38. The number of carbonyl (C=O) groups excluding carboxylic acids is 2. The fourth-order valence-corrected chi connectivity index (χ4v) is 9.37. The summed E-state index contributed by atoms with van der Waals surface area (Å²) in [4.78, 5) is 44.8. The summed E-state index contributed by atoms with van der Waals surface area (Å²) in [5.41, 5.74) is 1.78. The molecular formula is C25H19N2O3S2. The van der Waals surface area contributed by atoms with Crippen molar-refractivity contribution in [2.24, 2.45) is 29.6 Å². The van der Waals surface area contributed by atoms with Gasteiger partial charge in [-0.25, -0.2) is 0 Å². The topological polar surface area (TPSA) is 70.2 Å². The smallest absolute Gasteiger partial charge is 0.305 e. The summed E-state index contributed by atoms with van der Waals surface area (Å²) in [5, 5.41) is 1.11. The number of amides is 2. The highest BCUT2D eigenvalue weighted by Gasteiger charge is 2.69. The SMILES string of the molecule is O=C1[C@@H]2[C@H]3C[C@H]([C@@H]4Sc5[nH]c(=O)sc5[C](c5ccccc5)[C@H]34)[C@@H]2C(=O)N1c1ccccc1. The number of nitrogens with one attached hydrogen (secondary N) is 1. The van der Waals surface area contributed by atoms with E-state index in [-0.39, 0.29) is 51.5 Å². The first-order valence-electron chi connectivity index (χ1n) is 10.9. The normalized spacial score (nSPS) is 32.8. The summed E-state index contributed by atoms with van der Waals surface area (Å²) in [6.07, 6.45) is 0.896. The molecule has 0 spiro atoms. The minimum atomic E-state index is -0.273. The Morgan fingerprint density at radius 2 is 1.47 bits per heavy atom. The third-order valence-electron chi connectivity index (χ3n) is 7.65. The molecule has 1 aromatic heterocycles. The molecule has 159 valence electrons. The van der Waals surface area contributed by atoms with Crippen molar-refractivity contribution in [3.05, 3.63) is 86.7 Å². The number of nitrogens with zero attached hydrogens (tertiary/aromatic N) is 1. The molecule has 6 atom stereocenters. The Bertz CT molecular complexity index is 1300. The third-order valence-corrected chi connectivity index (χ3v) is 10.2. The van der Waals surface area contributed by atoms with Gasteiger partial charge in [0.1, 0.15) is 0 Å². The molecule has 1 N–H and O–H groups in total. The molecular weight excluding hydrogens is 440 g/mol. The maximum absolute atomic E-state index is 13.6. The van der Waals surface area contributed by atoms with Crippen molar-refractivity contribution in [2.75, 3.05) is 4.90 Å². The number of benzene rings is 2. The molecule has 3 fully saturated rings. The molecule has 32 heavy (non-hydrogen) atoms. The van der Waals surface area contributed by atoms with Crippen LogP contribution in [0.3, 0.4) is 0 Å². The van der Waals surface area contributed by atoms with E-state index in [0.29, 0.717) is 5.69 Å². The highest BCUT2D eigenvalue weighted by molar-refractivity contribution is 8.00. The predicted molar refractivity (Wildman–Crippen MR) is 123 cm³/mol. The fourth-order valence-electron chi connectivity index (χ4n) is 6.61. The van der Waals surface area contributed by atoms with Gasteiger partial charge >= 0.3 is 4.87 Å². The van der Waals surface area contributed by atoms with E-state index in [2.05, 4.69) is 17.1 Å². The second kappa shape index (κ2) is 6.68. The molecule has 2 saturated carbocycles. The number of thiazole rings is 1. The minimum Gasteiger partial charge on any atom is -0.307 e. The quantitative estimate of drug-likeness (QED) is 0.589. The van der Waals surface area contributed by atoms with Crippen LogP contribution in [0.5, 0.6) is 0 Å². The fraction of sp³-hybridized carbons (Fsp3) is 0.280. The number of para-hydroxylation sites is 1. The van der Waals surface area contributed by atoms with Crippen LogP contribution in [-0.2, 0) is 9.59 Å². The van der Waals surface area contributed by atoms with Crippen molar-refractivity contribution < 1.29 is 9.59 Å². The molecule has 4 aliphatic rings. The van der Waals surface area contributed by atoms with Crippen molar-refractivity contribution in [3.8, 4) is 0 Å². The highest BCUT2D eigenvalue weighted by atomic mass is 32.2. The number of hydrogen-bond donors (Lipinski definition) is 1. The van der Waals surface area contributed by atoms with Gasteiger partial charge in [0.15, 0.2) is 0 Å². The highest BCUT2D eigenvalue weighted by Crippen LogP contribution is 2.68. The van der Waals surface area contributed by atoms with E-state index in [0.717, 1.165) is 21.9 Å². The van der Waals surface area contributed by atoms with E-state index in [1.54, 1.807) is 11.8 Å². The van der Waals surface area contributed by atoms with Gasteiger partial charge in [0, 0.05) is 5.25 Å². The van der Waals surface area contributed by atoms with Crippen molar-refractivity contribution in [1.29, 1.82) is 0 Å². The van der Waals surface area contributed by atoms with Crippen molar-refractivity contribution in [3.63, 3.8) is 0 Å². The van der Waals surface area contributed by atoms with Gasteiger partial charge in [-0.3, -0.25) is 19.3 Å². The van der Waals surface area contributed by atoms with Crippen LogP contribution < -0.4 is 9.77 Å². The molecule has 1 radical (unpaired) electrons. The van der Waals surface area contributed by atoms with Gasteiger partial charge in [-0.15, -0.1) is 11.8 Å². The molecule has 1 saturated heterocycles. The monoisotopic (exact) mass is 459 g/mol. The van der Waals surface area contributed by atoms with E-state index in [4.69, 9.17) is 0 Å². The van der Waals surface area contributed by atoms with Crippen LogP contribution in [-0.4, -0.2) is 22.0 Å². The zero-order chi connectivity index (χ0) is 21.6. The maximum Gasteiger partial charge on any atom is 0.305 e. The molecule has 2 amide bonds. The average molecular weight is 460 g/mol. The zero-order valence-electron chi connectivity index (χ0n) is 16.9. The number of thioether (sulfide) groups is 1. The molecule has 2 aliphatic heterocycles. The Morgan fingerprint density at radius 3 is 2.19 bits per heavy atom. The number of hydrogen-bond acceptors (Lipinski definition) is 5. The largest absolute Gasteiger partial charge is 0.307 e. The van der Waals surface area contributed by atoms with Gasteiger partial charge in [0.2, 0.25) is 11.8 Å². The lowest BCUT2D eigenvalue weighted by Gasteiger charge is -2.42. The van der Waals surface area contributed by atoms with Crippen molar-refractivity contribution in [1.82, 2.24) is 4.98 Å². The van der Waals surface area contributed by atoms with Crippen LogP contribution in [0.1, 0.15) is 16.9 Å². The van der Waals surface area contributed by atoms with Gasteiger partial charge < -0.3 is 4.98 Å². The first-order valence-corrected chi connectivity index (χ1v) is 12.6. The van der Waals surface area contributed by atoms with Crippen LogP contribution in [0.2, 0.25) is 0 Å². The number of anilines is 1. The molecule has 5 nitrogen and oxygen atoms in total. The standard InChI is InChI=1S/C25H19N2O3S2/c28-23-18-14-11-15(19(18)24(29)27(23)13-9-5-2-6-10-13)20-17(14)16(12-7-3-1-4-8-12)21-22(31-20)26-25(30)32-21/h1-10,14-15,17-20H,11H2,(H,26,30)/t14-,15-,17-,18+,19-,20-/m0/s1. The lowest BCUT2D eigenvalue weighted by atomic mass is 9.68. The van der Waals surface area contributed by atoms with Gasteiger partial charge in [-0.2, -0.15) is 0 Å². The van der Waals surface area contributed by atoms with Gasteiger partial charge in [-0.1, -0.05) is 59.9 Å². The van der Waals surface area contributed by atoms with E-state index in [9.17, 15) is 14.4 Å². The molecule has 3 heterocycles. The van der Waals surface area contributed by atoms with Crippen LogP contribution in [0.25, 0.3) is 0 Å². The molecule has 2 aromatic carbocycles. The summed E-state index contributed by atoms with van der Waals surface area (Å²) < 4.78 is 0. The number of rotatable bonds is 2. The van der Waals surface area contributed by atoms with Crippen LogP contribution >= 0.6 is 23.1 Å². The maximum atomic E-state index is 13.6. The number of aromatic nitrogens is 1. The zero-order valence-corrected chi connectivity index (χ0v) is 18.6. The Balaban J connectivity index is 1.34. The Kier molecular flexibility index (Phi) is 3.94. The molecule has 3 aromatic rings. The minimum absolute atomic E-state index is 0.0501. The lowest BCUT2D eigenvalue weighted by molar-refractivity contribution is -0.123. The molecule has 0 unspecified atom stereocenters. The van der Waals surface area contributed by atoms with E-state index in [1.165, 1.54) is 22.2 Å². The summed E-state index contributed by atoms with van der Waals surface area (Å²) in [7, 11) is 0. The number of imide groups is 1. The van der Waals surface area contributed by atoms with E-state index in [1.807, 2.05) is 48.5 Å². The second-order valence-electron chi connectivity index (χ2n) is 9.02. The Hall–Kier alpha value is -2.64. The van der Waals surface area contributed by atoms with E-state index >= 15 is 0 Å². The first kappa shape index (κ1) is 18.9. The summed E-state index contributed by atoms with van der Waals surface area (Å²) >= 11 is 2.97. The van der Waals surface area contributed by atoms with Gasteiger partial charge in [-0.05, 0) is 41.9 Å². The molecule has 7 heteroatoms. The summed E-state index contributed by atoms with van der Waals surface area (Å²) in [6, 6.07) is 19.5. The van der Waals surface area contributed by atoms with Crippen LogP contribution in [0.4, 0.5) is 5.69 Å². The molecule has 2 aliphatic carbocycles. The number of carbonyl (C=O) groups is 2. The lowest BCUT2D eigenvalue weighted by Crippen LogP contribution is -2.43. The predicted octanol–water partition coefficient (Wildman–Crippen LogP) is 3.95. The second-order valence-corrected chi connectivity index (χ2v) is 11.2. The van der Waals surface area contributed by atoms with E-state index < -0.39 is 0 Å². The van der Waals surface area contributed by atoms with Crippen molar-refractivity contribution in [2.45, 2.75) is 16.7 Å². The van der Waals surface area contributed by atoms with Crippen molar-refractivity contribution >= 4 is 40.6 Å². The van der Waals surface area contributed by atoms with Gasteiger partial charge in [0.25, 0.3) is 0 Å². The van der Waals surface area contributed by atoms with Crippen LogP contribution in [0, 0.1) is 35.5 Å². The van der Waals surface area contributed by atoms with Gasteiger partial charge in [0.05, 0.1) is 33.3 Å². The average Bonchev–Trinajstić information content (AvgIpc) is 3.53. The first-order chi connectivity index (χ1) is 15.6. The van der Waals surface area contributed by atoms with Crippen LogP contribution in [0.15, 0.2) is 70.5 Å². The molecule has 7 rings (SSSR count). The Morgan fingerprint density at radius 1 is 0.812 bits per heavy atom. The number of fused-ring (bicyclic) bond motifs is 9. The molecule has 2 bridgehead atoms. The number of H-pyrrole nitrogens is 1. The summed E-state index contributed by atoms with van der Waals surface area (Å²) in [6.45, 7) is 0. The number of aromatic amines is 1.